The minimum absolute atomic E-state index is 0.0122. The second kappa shape index (κ2) is 11.6. The number of Topliss-reactive ketones (excluding diaryl/α,β-unsaturated/α-hetero) is 1. The van der Waals surface area contributed by atoms with E-state index in [-0.39, 0.29) is 23.6 Å². The van der Waals surface area contributed by atoms with Gasteiger partial charge in [-0.2, -0.15) is 0 Å². The number of aromatic nitrogens is 2. The van der Waals surface area contributed by atoms with E-state index in [2.05, 4.69) is 15.1 Å². The maximum Gasteiger partial charge on any atom is 0.286 e. The van der Waals surface area contributed by atoms with Gasteiger partial charge >= 0.3 is 0 Å². The largest absolute Gasteiger partial charge is 0.408 e. The molecule has 0 saturated heterocycles. The van der Waals surface area contributed by atoms with Gasteiger partial charge in [0.2, 0.25) is 12.2 Å². The van der Waals surface area contributed by atoms with Gasteiger partial charge in [-0.1, -0.05) is 57.7 Å². The second-order valence-electron chi connectivity index (χ2n) is 7.92. The molecular formula is C20H34N4O3S. The molecule has 1 saturated carbocycles. The number of nitrogens with zero attached hydrogens (tertiary/aromatic N) is 4. The molecule has 0 radical (unpaired) electrons. The van der Waals surface area contributed by atoms with Gasteiger partial charge in [-0.15, -0.1) is 10.2 Å². The van der Waals surface area contributed by atoms with Crippen molar-refractivity contribution < 1.29 is 14.0 Å². The third-order valence-corrected chi connectivity index (χ3v) is 6.32. The van der Waals surface area contributed by atoms with Crippen LogP contribution >= 0.6 is 11.8 Å². The van der Waals surface area contributed by atoms with Crippen molar-refractivity contribution in [2.24, 2.45) is 5.92 Å². The number of amides is 1. The summed E-state index contributed by atoms with van der Waals surface area (Å²) in [6.07, 6.45) is 8.15. The fourth-order valence-corrected chi connectivity index (χ4v) is 4.52. The van der Waals surface area contributed by atoms with Crippen molar-refractivity contribution in [3.05, 3.63) is 5.89 Å². The highest BCUT2D eigenvalue weighted by Crippen LogP contribution is 2.28. The Balaban J connectivity index is 2.15. The van der Waals surface area contributed by atoms with E-state index in [1.807, 2.05) is 27.9 Å². The maximum atomic E-state index is 13.3. The number of rotatable bonds is 11. The molecule has 158 valence electrons. The molecule has 28 heavy (non-hydrogen) atoms. The molecule has 2 atom stereocenters. The molecule has 1 aliphatic carbocycles. The summed E-state index contributed by atoms with van der Waals surface area (Å²) in [6.45, 7) is 4.93. The Bertz CT molecular complexity index is 614. The van der Waals surface area contributed by atoms with E-state index in [0.29, 0.717) is 5.22 Å². The van der Waals surface area contributed by atoms with Crippen molar-refractivity contribution >= 4 is 24.0 Å². The molecule has 0 N–H and O–H groups in total. The molecule has 1 unspecified atom stereocenters. The first-order valence-corrected chi connectivity index (χ1v) is 11.3. The van der Waals surface area contributed by atoms with Gasteiger partial charge in [-0.25, -0.2) is 0 Å². The van der Waals surface area contributed by atoms with Crippen LogP contribution in [0.3, 0.4) is 0 Å². The van der Waals surface area contributed by atoms with Crippen molar-refractivity contribution in [3.8, 4) is 0 Å². The minimum atomic E-state index is -0.550. The summed E-state index contributed by atoms with van der Waals surface area (Å²) in [5, 5.41) is 8.41. The predicted molar refractivity (Wildman–Crippen MR) is 111 cm³/mol. The van der Waals surface area contributed by atoms with Gasteiger partial charge in [-0.3, -0.25) is 9.59 Å². The SMILES string of the molecule is CC[C@H](C)C(C(=O)c1nnc(SCCN(C)C)o1)N(C=O)C1CCCCCC1. The quantitative estimate of drug-likeness (QED) is 0.239. The van der Waals surface area contributed by atoms with Gasteiger partial charge < -0.3 is 14.2 Å². The monoisotopic (exact) mass is 410 g/mol. The van der Waals surface area contributed by atoms with Crippen molar-refractivity contribution in [3.63, 3.8) is 0 Å². The molecule has 1 fully saturated rings. The molecule has 7 nitrogen and oxygen atoms in total. The number of carbonyl (C=O) groups excluding carboxylic acids is 2. The zero-order valence-corrected chi connectivity index (χ0v) is 18.4. The Hall–Kier alpha value is -1.41. The first kappa shape index (κ1) is 22.9. The molecule has 0 spiro atoms. The molecule has 1 aromatic rings. The molecule has 1 heterocycles. The number of ketones is 1. The van der Waals surface area contributed by atoms with Crippen molar-refractivity contribution in [1.82, 2.24) is 20.0 Å². The fourth-order valence-electron chi connectivity index (χ4n) is 3.66. The van der Waals surface area contributed by atoms with Crippen molar-refractivity contribution in [2.45, 2.75) is 76.1 Å². The molecule has 2 rings (SSSR count). The molecule has 1 aliphatic rings. The van der Waals surface area contributed by atoms with E-state index in [9.17, 15) is 9.59 Å². The number of carbonyl (C=O) groups is 2. The normalized spacial score (nSPS) is 17.9. The van der Waals surface area contributed by atoms with Gasteiger partial charge in [0.05, 0.1) is 0 Å². The summed E-state index contributed by atoms with van der Waals surface area (Å²) in [6, 6.07) is -0.439. The van der Waals surface area contributed by atoms with Gasteiger partial charge in [0.25, 0.3) is 11.1 Å². The van der Waals surface area contributed by atoms with Crippen LogP contribution in [-0.4, -0.2) is 70.7 Å². The first-order chi connectivity index (χ1) is 13.5. The Morgan fingerprint density at radius 1 is 1.25 bits per heavy atom. The summed E-state index contributed by atoms with van der Waals surface area (Å²) in [5.74, 6) is 0.605. The predicted octanol–water partition coefficient (Wildman–Crippen LogP) is 3.50. The van der Waals surface area contributed by atoms with Crippen LogP contribution in [0, 0.1) is 5.92 Å². The van der Waals surface area contributed by atoms with E-state index in [1.54, 1.807) is 4.90 Å². The summed E-state index contributed by atoms with van der Waals surface area (Å²) >= 11 is 1.44. The first-order valence-electron chi connectivity index (χ1n) is 10.4. The van der Waals surface area contributed by atoms with Crippen molar-refractivity contribution in [1.29, 1.82) is 0 Å². The number of thioether (sulfide) groups is 1. The van der Waals surface area contributed by atoms with Crippen LogP contribution in [0.5, 0.6) is 0 Å². The average Bonchev–Trinajstić information content (AvgIpc) is 2.98. The van der Waals surface area contributed by atoms with Crippen LogP contribution in [0.1, 0.15) is 69.5 Å². The van der Waals surface area contributed by atoms with Crippen LogP contribution in [0.2, 0.25) is 0 Å². The van der Waals surface area contributed by atoms with E-state index in [0.717, 1.165) is 50.8 Å². The van der Waals surface area contributed by atoms with Gasteiger partial charge in [0.1, 0.15) is 6.04 Å². The van der Waals surface area contributed by atoms with Crippen LogP contribution in [-0.2, 0) is 4.79 Å². The standard InChI is InChI=1S/C20H34N4O3S/c1-5-15(2)17(24(14-25)16-10-8-6-7-9-11-16)18(26)19-21-22-20(27-19)28-13-12-23(3)4/h14-17H,5-13H2,1-4H3/t15-,17?/m0/s1. The molecule has 1 amide bonds. The number of hydrogen-bond acceptors (Lipinski definition) is 7. The highest BCUT2D eigenvalue weighted by atomic mass is 32.2. The van der Waals surface area contributed by atoms with E-state index in [1.165, 1.54) is 24.6 Å². The average molecular weight is 411 g/mol. The minimum Gasteiger partial charge on any atom is -0.408 e. The maximum absolute atomic E-state index is 13.3. The van der Waals surface area contributed by atoms with E-state index in [4.69, 9.17) is 4.42 Å². The molecular weight excluding hydrogens is 376 g/mol. The van der Waals surface area contributed by atoms with Gasteiger partial charge in [-0.05, 0) is 32.9 Å². The molecule has 8 heteroatoms. The third-order valence-electron chi connectivity index (χ3n) is 5.52. The lowest BCUT2D eigenvalue weighted by molar-refractivity contribution is -0.123. The van der Waals surface area contributed by atoms with E-state index >= 15 is 0 Å². The highest BCUT2D eigenvalue weighted by Gasteiger charge is 2.37. The van der Waals surface area contributed by atoms with Crippen LogP contribution in [0.4, 0.5) is 0 Å². The molecule has 0 bridgehead atoms. The van der Waals surface area contributed by atoms with Gasteiger partial charge in [0, 0.05) is 18.3 Å². The topological polar surface area (TPSA) is 79.5 Å². The Morgan fingerprint density at radius 2 is 1.93 bits per heavy atom. The lowest BCUT2D eigenvalue weighted by atomic mass is 9.91. The van der Waals surface area contributed by atoms with Crippen molar-refractivity contribution in [2.75, 3.05) is 26.4 Å². The summed E-state index contributed by atoms with van der Waals surface area (Å²) in [7, 11) is 4.00. The molecule has 0 aliphatic heterocycles. The molecule has 0 aromatic carbocycles. The highest BCUT2D eigenvalue weighted by molar-refractivity contribution is 7.99. The van der Waals surface area contributed by atoms with Crippen LogP contribution in [0.25, 0.3) is 0 Å². The van der Waals surface area contributed by atoms with Gasteiger partial charge in [0.15, 0.2) is 0 Å². The lowest BCUT2D eigenvalue weighted by Crippen LogP contribution is -2.50. The van der Waals surface area contributed by atoms with Crippen LogP contribution in [0.15, 0.2) is 9.64 Å². The summed E-state index contributed by atoms with van der Waals surface area (Å²) in [5.41, 5.74) is 0. The van der Waals surface area contributed by atoms with Crippen LogP contribution < -0.4 is 0 Å². The summed E-state index contributed by atoms with van der Waals surface area (Å²) in [4.78, 5) is 29.1. The Kier molecular flexibility index (Phi) is 9.44. The zero-order chi connectivity index (χ0) is 20.5. The third kappa shape index (κ3) is 6.30. The number of hydrogen-bond donors (Lipinski definition) is 0. The fraction of sp³-hybridized carbons (Fsp3) is 0.800. The Labute approximate surface area is 172 Å². The smallest absolute Gasteiger partial charge is 0.286 e. The Morgan fingerprint density at radius 3 is 2.50 bits per heavy atom. The zero-order valence-electron chi connectivity index (χ0n) is 17.6. The summed E-state index contributed by atoms with van der Waals surface area (Å²) < 4.78 is 5.64. The lowest BCUT2D eigenvalue weighted by Gasteiger charge is -2.36. The molecule has 1 aromatic heterocycles. The van der Waals surface area contributed by atoms with E-state index < -0.39 is 6.04 Å². The second-order valence-corrected chi connectivity index (χ2v) is 8.96.